The summed E-state index contributed by atoms with van der Waals surface area (Å²) in [5.41, 5.74) is 6.67. The molecule has 1 saturated carbocycles. The van der Waals surface area contributed by atoms with Gasteiger partial charge in [-0.3, -0.25) is 9.79 Å². The van der Waals surface area contributed by atoms with E-state index >= 15 is 0 Å². The number of anilines is 2. The number of piperidine rings is 1. The summed E-state index contributed by atoms with van der Waals surface area (Å²) in [4.78, 5) is 29.8. The fourth-order valence-electron chi connectivity index (χ4n) is 6.27. The smallest absolute Gasteiger partial charge is 0.282 e. The average Bonchev–Trinajstić information content (AvgIpc) is 3.75. The van der Waals surface area contributed by atoms with E-state index in [9.17, 15) is 9.18 Å². The normalized spacial score (nSPS) is 20.3. The first-order valence-corrected chi connectivity index (χ1v) is 15.2. The third-order valence-electron chi connectivity index (χ3n) is 8.51. The van der Waals surface area contributed by atoms with E-state index in [1.165, 1.54) is 23.3 Å². The molecule has 3 fully saturated rings. The number of halogens is 1. The van der Waals surface area contributed by atoms with E-state index in [1.807, 2.05) is 6.08 Å². The number of hydrogen-bond donors (Lipinski definition) is 1. The summed E-state index contributed by atoms with van der Waals surface area (Å²) in [6.45, 7) is 21.4. The highest BCUT2D eigenvalue weighted by Gasteiger charge is 2.43. The fraction of sp³-hybridized carbons (Fsp3) is 0.545. The van der Waals surface area contributed by atoms with Crippen LogP contribution in [-0.2, 0) is 9.53 Å². The highest BCUT2D eigenvalue weighted by Crippen LogP contribution is 2.46. The third-order valence-corrected chi connectivity index (χ3v) is 8.51. The second-order valence-corrected chi connectivity index (χ2v) is 12.1. The second kappa shape index (κ2) is 14.3. The monoisotopic (exact) mass is 593 g/mol. The first-order chi connectivity index (χ1) is 20.6. The summed E-state index contributed by atoms with van der Waals surface area (Å²) < 4.78 is 19.6. The van der Waals surface area contributed by atoms with Gasteiger partial charge in [0.25, 0.3) is 5.91 Å². The van der Waals surface area contributed by atoms with Crippen molar-refractivity contribution < 1.29 is 13.9 Å². The van der Waals surface area contributed by atoms with Gasteiger partial charge in [-0.05, 0) is 65.6 Å². The predicted octanol–water partition coefficient (Wildman–Crippen LogP) is 4.58. The minimum Gasteiger partial charge on any atom is -0.385 e. The van der Waals surface area contributed by atoms with Gasteiger partial charge >= 0.3 is 0 Å². The quantitative estimate of drug-likeness (QED) is 0.205. The lowest BCUT2D eigenvalue weighted by Gasteiger charge is -2.39. The van der Waals surface area contributed by atoms with Crippen LogP contribution >= 0.6 is 0 Å². The van der Waals surface area contributed by atoms with Gasteiger partial charge in [-0.2, -0.15) is 0 Å². The maximum Gasteiger partial charge on any atom is 0.282 e. The van der Waals surface area contributed by atoms with Gasteiger partial charge in [0.2, 0.25) is 0 Å². The number of carbonyl (C=O) groups excluding carboxylic acids is 1. The van der Waals surface area contributed by atoms with Crippen molar-refractivity contribution in [3.8, 4) is 0 Å². The molecule has 0 radical (unpaired) electrons. The SMILES string of the molecule is C=Cc1c(NCC)ccc(C)c1N1CC/C(=C(/N=C)N2CCN(C(=O)C(=C)F)CC2)C(=NCOCC2(CN(C)C)CC2)C1. The van der Waals surface area contributed by atoms with E-state index < -0.39 is 11.7 Å². The fourth-order valence-corrected chi connectivity index (χ4v) is 6.27. The Morgan fingerprint density at radius 3 is 2.47 bits per heavy atom. The molecule has 10 heteroatoms. The number of amides is 1. The van der Waals surface area contributed by atoms with Crippen LogP contribution in [0.5, 0.6) is 0 Å². The number of nitrogens with one attached hydrogen (secondary N) is 1. The van der Waals surface area contributed by atoms with E-state index in [0.29, 0.717) is 39.3 Å². The Morgan fingerprint density at radius 1 is 1.19 bits per heavy atom. The number of piperazine rings is 1. The number of rotatable bonds is 13. The van der Waals surface area contributed by atoms with Crippen LogP contribution in [0.1, 0.15) is 37.3 Å². The lowest BCUT2D eigenvalue weighted by atomic mass is 9.97. The van der Waals surface area contributed by atoms with Crippen LogP contribution in [0.4, 0.5) is 15.8 Å². The number of nitrogens with zero attached hydrogens (tertiary/aromatic N) is 6. The van der Waals surface area contributed by atoms with E-state index in [-0.39, 0.29) is 12.1 Å². The van der Waals surface area contributed by atoms with E-state index in [4.69, 9.17) is 9.73 Å². The molecule has 2 aliphatic heterocycles. The molecule has 3 aliphatic rings. The molecule has 2 heterocycles. The van der Waals surface area contributed by atoms with E-state index in [0.717, 1.165) is 60.1 Å². The predicted molar refractivity (Wildman–Crippen MR) is 176 cm³/mol. The number of hydrogen-bond acceptors (Lipinski definition) is 8. The van der Waals surface area contributed by atoms with Crippen molar-refractivity contribution in [3.05, 3.63) is 53.6 Å². The molecule has 234 valence electrons. The molecule has 1 aromatic carbocycles. The number of carbonyl (C=O) groups is 1. The van der Waals surface area contributed by atoms with Gasteiger partial charge in [0.05, 0.1) is 18.9 Å². The average molecular weight is 594 g/mol. The highest BCUT2D eigenvalue weighted by atomic mass is 19.1. The largest absolute Gasteiger partial charge is 0.385 e. The maximum atomic E-state index is 13.5. The number of aliphatic imine (C=N–C) groups is 2. The molecule has 0 unspecified atom stereocenters. The van der Waals surface area contributed by atoms with Gasteiger partial charge in [-0.25, -0.2) is 9.38 Å². The van der Waals surface area contributed by atoms with Crippen LogP contribution in [0.25, 0.3) is 6.08 Å². The summed E-state index contributed by atoms with van der Waals surface area (Å²) >= 11 is 0. The van der Waals surface area contributed by atoms with Crippen LogP contribution < -0.4 is 10.2 Å². The Bertz CT molecular complexity index is 1280. The van der Waals surface area contributed by atoms with Gasteiger partial charge in [-0.1, -0.05) is 25.3 Å². The molecule has 0 bridgehead atoms. The molecule has 9 nitrogen and oxygen atoms in total. The number of benzene rings is 1. The molecule has 4 rings (SSSR count). The standard InChI is InChI=1S/C33H48FN7O2/c1-8-26-28(36-9-2)11-10-24(3)30(26)41-15-12-27(29(20-41)37-23-43-22-33(13-14-33)21-38(6)7)31(35-5)39-16-18-40(19-17-39)32(42)25(4)34/h8,10-11,36H,1,4-5,9,12-23H2,2-3,6-7H3/b31-27+,37-29?. The molecular weight excluding hydrogens is 545 g/mol. The lowest BCUT2D eigenvalue weighted by Crippen LogP contribution is -2.49. The second-order valence-electron chi connectivity index (χ2n) is 12.1. The Balaban J connectivity index is 1.61. The summed E-state index contributed by atoms with van der Waals surface area (Å²) in [6.07, 6.45) is 5.01. The van der Waals surface area contributed by atoms with Crippen molar-refractivity contribution in [2.75, 3.05) is 90.0 Å². The van der Waals surface area contributed by atoms with Crippen molar-refractivity contribution in [2.24, 2.45) is 15.4 Å². The number of ether oxygens (including phenoxy) is 1. The zero-order chi connectivity index (χ0) is 31.1. The number of aryl methyl sites for hydroxylation is 1. The summed E-state index contributed by atoms with van der Waals surface area (Å²) in [5.74, 6) is -0.802. The molecule has 43 heavy (non-hydrogen) atoms. The Labute approximate surface area is 256 Å². The van der Waals surface area contributed by atoms with Crippen molar-refractivity contribution >= 4 is 35.8 Å². The molecule has 0 aromatic heterocycles. The molecule has 1 N–H and O–H groups in total. The van der Waals surface area contributed by atoms with Crippen LogP contribution in [0.2, 0.25) is 0 Å². The zero-order valence-corrected chi connectivity index (χ0v) is 26.4. The highest BCUT2D eigenvalue weighted by molar-refractivity contribution is 6.05. The van der Waals surface area contributed by atoms with E-state index in [2.05, 4.69) is 85.0 Å². The minimum atomic E-state index is -0.929. The molecule has 1 aromatic rings. The molecule has 1 aliphatic carbocycles. The van der Waals surface area contributed by atoms with Crippen molar-refractivity contribution in [2.45, 2.75) is 33.1 Å². The first kappa shape index (κ1) is 32.4. The summed E-state index contributed by atoms with van der Waals surface area (Å²) in [5, 5.41) is 3.47. The lowest BCUT2D eigenvalue weighted by molar-refractivity contribution is -0.130. The Hall–Kier alpha value is -3.50. The summed E-state index contributed by atoms with van der Waals surface area (Å²) in [7, 11) is 4.21. The topological polar surface area (TPSA) is 76.0 Å². The van der Waals surface area contributed by atoms with Gasteiger partial charge in [0.1, 0.15) is 12.6 Å². The van der Waals surface area contributed by atoms with Gasteiger partial charge in [-0.15, -0.1) is 0 Å². The van der Waals surface area contributed by atoms with Crippen molar-refractivity contribution in [1.29, 1.82) is 0 Å². The molecule has 2 saturated heterocycles. The van der Waals surface area contributed by atoms with Crippen molar-refractivity contribution in [3.63, 3.8) is 0 Å². The summed E-state index contributed by atoms with van der Waals surface area (Å²) in [6, 6.07) is 4.26. The molecule has 1 amide bonds. The van der Waals surface area contributed by atoms with Gasteiger partial charge < -0.3 is 29.7 Å². The van der Waals surface area contributed by atoms with Crippen molar-refractivity contribution in [1.82, 2.24) is 14.7 Å². The van der Waals surface area contributed by atoms with E-state index in [1.54, 1.807) is 0 Å². The minimum absolute atomic E-state index is 0.236. The molecule has 0 spiro atoms. The third kappa shape index (κ3) is 7.72. The first-order valence-electron chi connectivity index (χ1n) is 15.2. The Kier molecular flexibility index (Phi) is 10.8. The van der Waals surface area contributed by atoms with Crippen LogP contribution in [-0.4, -0.2) is 113 Å². The molecular formula is C33H48FN7O2. The van der Waals surface area contributed by atoms with Gasteiger partial charge in [0.15, 0.2) is 5.83 Å². The van der Waals surface area contributed by atoms with Crippen LogP contribution in [0.15, 0.2) is 52.5 Å². The van der Waals surface area contributed by atoms with Gasteiger partial charge in [0, 0.05) is 73.7 Å². The maximum absolute atomic E-state index is 13.5. The van der Waals surface area contributed by atoms with Crippen LogP contribution in [0, 0.1) is 12.3 Å². The zero-order valence-electron chi connectivity index (χ0n) is 26.4. The Morgan fingerprint density at radius 2 is 1.88 bits per heavy atom. The molecule has 0 atom stereocenters. The van der Waals surface area contributed by atoms with Crippen LogP contribution in [0.3, 0.4) is 0 Å².